The van der Waals surface area contributed by atoms with E-state index in [0.29, 0.717) is 0 Å². The van der Waals surface area contributed by atoms with Crippen molar-refractivity contribution in [2.24, 2.45) is 10.8 Å². The lowest BCUT2D eigenvalue weighted by molar-refractivity contribution is 0.167. The van der Waals surface area contributed by atoms with Crippen LogP contribution in [-0.2, 0) is 11.8 Å². The predicted molar refractivity (Wildman–Crippen MR) is 234 cm³/mol. The molecule has 0 bridgehead atoms. The summed E-state index contributed by atoms with van der Waals surface area (Å²) in [5, 5.41) is 5.21. The maximum atomic E-state index is 2.50. The maximum Gasteiger partial charge on any atom is 0.0541 e. The van der Waals surface area contributed by atoms with Gasteiger partial charge in [0.05, 0.1) is 11.0 Å². The SMILES string of the molecule is CC(C)(C)c1ccc2c(-c3ccc(-c4ccc5c(c4)c4ccccc4n5-c4ccccc4)cc3)c3c(c(-c4ccccc4)c2c1)C=C[C@@](C)(C(C)(C)C)C3. The molecule has 0 fully saturated rings. The van der Waals surface area contributed by atoms with E-state index >= 15 is 0 Å². The Labute approximate surface area is 320 Å². The monoisotopic (exact) mass is 699 g/mol. The van der Waals surface area contributed by atoms with Gasteiger partial charge in [-0.15, -0.1) is 0 Å². The number of para-hydroxylation sites is 2. The quantitative estimate of drug-likeness (QED) is 0.172. The zero-order valence-electron chi connectivity index (χ0n) is 32.7. The fourth-order valence-electron chi connectivity index (χ4n) is 8.69. The first-order valence-corrected chi connectivity index (χ1v) is 19.5. The third-order valence-corrected chi connectivity index (χ3v) is 12.5. The highest BCUT2D eigenvalue weighted by molar-refractivity contribution is 6.12. The molecule has 0 radical (unpaired) electrons. The second kappa shape index (κ2) is 12.5. The van der Waals surface area contributed by atoms with Gasteiger partial charge >= 0.3 is 0 Å². The third kappa shape index (κ3) is 5.52. The lowest BCUT2D eigenvalue weighted by Gasteiger charge is -2.43. The van der Waals surface area contributed by atoms with Crippen molar-refractivity contribution >= 4 is 38.7 Å². The van der Waals surface area contributed by atoms with Crippen molar-refractivity contribution in [3.63, 3.8) is 0 Å². The van der Waals surface area contributed by atoms with Gasteiger partial charge in [0.2, 0.25) is 0 Å². The summed E-state index contributed by atoms with van der Waals surface area (Å²) in [6, 6.07) is 54.1. The third-order valence-electron chi connectivity index (χ3n) is 12.5. The van der Waals surface area contributed by atoms with Gasteiger partial charge < -0.3 is 4.57 Å². The number of benzene rings is 7. The van der Waals surface area contributed by atoms with Gasteiger partial charge in [0.25, 0.3) is 0 Å². The largest absolute Gasteiger partial charge is 0.309 e. The van der Waals surface area contributed by atoms with E-state index in [1.54, 1.807) is 0 Å². The fourth-order valence-corrected chi connectivity index (χ4v) is 8.69. The number of hydrogen-bond acceptors (Lipinski definition) is 0. The molecule has 1 heteroatoms. The van der Waals surface area contributed by atoms with Crippen LogP contribution >= 0.6 is 0 Å². The van der Waals surface area contributed by atoms with E-state index < -0.39 is 0 Å². The second-order valence-corrected chi connectivity index (χ2v) is 17.7. The molecular weight excluding hydrogens is 651 g/mol. The highest BCUT2D eigenvalue weighted by Gasteiger charge is 2.39. The first-order valence-electron chi connectivity index (χ1n) is 19.5. The minimum atomic E-state index is 0.00994. The van der Waals surface area contributed by atoms with Crippen LogP contribution in [0.5, 0.6) is 0 Å². The molecule has 7 aromatic carbocycles. The highest BCUT2D eigenvalue weighted by atomic mass is 15.0. The standard InChI is InChI=1S/C53H49N/c1-51(2,3)39-27-28-42-45(33-39)49(36-16-10-8-11-17-36)43-30-31-53(7,52(4,5)6)34-46(43)50(42)37-24-22-35(23-25-37)38-26-29-48-44(32-38)41-20-14-15-21-47(41)54(48)40-18-12-9-13-19-40/h8-33H,34H2,1-7H3/t53-/m1/s1. The molecule has 9 rings (SSSR count). The lowest BCUT2D eigenvalue weighted by Crippen LogP contribution is -2.35. The van der Waals surface area contributed by atoms with E-state index in [2.05, 4.69) is 211 Å². The van der Waals surface area contributed by atoms with E-state index in [4.69, 9.17) is 0 Å². The van der Waals surface area contributed by atoms with Crippen molar-refractivity contribution in [3.05, 3.63) is 168 Å². The Bertz CT molecular complexity index is 2730. The van der Waals surface area contributed by atoms with Crippen molar-refractivity contribution in [2.75, 3.05) is 0 Å². The Hall–Kier alpha value is -5.66. The number of aromatic nitrogens is 1. The molecule has 0 aliphatic heterocycles. The summed E-state index contributed by atoms with van der Waals surface area (Å²) in [4.78, 5) is 0. The molecule has 0 amide bonds. The van der Waals surface area contributed by atoms with Crippen LogP contribution < -0.4 is 0 Å². The minimum Gasteiger partial charge on any atom is -0.309 e. The summed E-state index contributed by atoms with van der Waals surface area (Å²) in [7, 11) is 0. The van der Waals surface area contributed by atoms with Crippen molar-refractivity contribution < 1.29 is 0 Å². The van der Waals surface area contributed by atoms with E-state index in [0.717, 1.165) is 6.42 Å². The number of hydrogen-bond donors (Lipinski definition) is 0. The van der Waals surface area contributed by atoms with Crippen molar-refractivity contribution in [1.82, 2.24) is 4.57 Å². The molecule has 1 aromatic heterocycles. The summed E-state index contributed by atoms with van der Waals surface area (Å²) in [6.45, 7) is 16.6. The topological polar surface area (TPSA) is 4.93 Å². The van der Waals surface area contributed by atoms with Crippen LogP contribution in [0.25, 0.3) is 77.7 Å². The van der Waals surface area contributed by atoms with Gasteiger partial charge in [-0.1, -0.05) is 170 Å². The average molecular weight is 700 g/mol. The summed E-state index contributed by atoms with van der Waals surface area (Å²) in [5.41, 5.74) is 15.7. The summed E-state index contributed by atoms with van der Waals surface area (Å²) in [5.74, 6) is 0. The Morgan fingerprint density at radius 3 is 1.81 bits per heavy atom. The van der Waals surface area contributed by atoms with Crippen LogP contribution in [0.1, 0.15) is 65.2 Å². The maximum absolute atomic E-state index is 2.50. The van der Waals surface area contributed by atoms with E-state index in [1.807, 2.05) is 0 Å². The Morgan fingerprint density at radius 2 is 1.11 bits per heavy atom. The van der Waals surface area contributed by atoms with E-state index in [1.165, 1.54) is 88.3 Å². The Morgan fingerprint density at radius 1 is 0.500 bits per heavy atom. The van der Waals surface area contributed by atoms with Gasteiger partial charge in [-0.2, -0.15) is 0 Å². The van der Waals surface area contributed by atoms with Crippen LogP contribution in [0.3, 0.4) is 0 Å². The number of fused-ring (bicyclic) bond motifs is 5. The molecule has 0 saturated carbocycles. The van der Waals surface area contributed by atoms with Crippen LogP contribution in [0, 0.1) is 10.8 Å². The van der Waals surface area contributed by atoms with E-state index in [-0.39, 0.29) is 16.2 Å². The summed E-state index contributed by atoms with van der Waals surface area (Å²) < 4.78 is 2.38. The van der Waals surface area contributed by atoms with Gasteiger partial charge in [-0.25, -0.2) is 0 Å². The molecule has 0 unspecified atom stereocenters. The zero-order valence-corrected chi connectivity index (χ0v) is 32.7. The molecule has 1 heterocycles. The molecular formula is C53H49N. The summed E-state index contributed by atoms with van der Waals surface area (Å²) in [6.07, 6.45) is 5.94. The van der Waals surface area contributed by atoms with E-state index in [9.17, 15) is 0 Å². The summed E-state index contributed by atoms with van der Waals surface area (Å²) >= 11 is 0. The zero-order chi connectivity index (χ0) is 37.4. The molecule has 266 valence electrons. The van der Waals surface area contributed by atoms with Gasteiger partial charge in [-0.05, 0) is 120 Å². The minimum absolute atomic E-state index is 0.00994. The molecule has 1 aliphatic rings. The average Bonchev–Trinajstić information content (AvgIpc) is 3.50. The number of nitrogens with zero attached hydrogens (tertiary/aromatic N) is 1. The molecule has 8 aromatic rings. The molecule has 0 saturated heterocycles. The first kappa shape index (κ1) is 34.1. The number of allylic oxidation sites excluding steroid dienone is 1. The molecule has 0 spiro atoms. The Balaban J connectivity index is 1.24. The molecule has 1 atom stereocenters. The normalized spacial score (nSPS) is 16.0. The van der Waals surface area contributed by atoms with Gasteiger partial charge in [-0.3, -0.25) is 0 Å². The lowest BCUT2D eigenvalue weighted by atomic mass is 9.61. The molecule has 54 heavy (non-hydrogen) atoms. The van der Waals surface area contributed by atoms with Gasteiger partial charge in [0.1, 0.15) is 0 Å². The van der Waals surface area contributed by atoms with Gasteiger partial charge in [0, 0.05) is 16.5 Å². The molecule has 1 aliphatic carbocycles. The molecule has 1 nitrogen and oxygen atoms in total. The first-order chi connectivity index (χ1) is 25.9. The van der Waals surface area contributed by atoms with Crippen LogP contribution in [0.2, 0.25) is 0 Å². The predicted octanol–water partition coefficient (Wildman–Crippen LogP) is 14.9. The second-order valence-electron chi connectivity index (χ2n) is 17.7. The van der Waals surface area contributed by atoms with Crippen molar-refractivity contribution in [2.45, 2.75) is 60.3 Å². The smallest absolute Gasteiger partial charge is 0.0541 e. The van der Waals surface area contributed by atoms with Crippen LogP contribution in [0.4, 0.5) is 0 Å². The van der Waals surface area contributed by atoms with Crippen LogP contribution in [-0.4, -0.2) is 4.57 Å². The van der Waals surface area contributed by atoms with Crippen LogP contribution in [0.15, 0.2) is 152 Å². The molecule has 0 N–H and O–H groups in total. The Kier molecular flexibility index (Phi) is 7.87. The highest BCUT2D eigenvalue weighted by Crippen LogP contribution is 2.52. The van der Waals surface area contributed by atoms with Gasteiger partial charge in [0.15, 0.2) is 0 Å². The fraction of sp³-hybridized carbons (Fsp3) is 0.208. The number of rotatable bonds is 4. The van der Waals surface area contributed by atoms with Crippen molar-refractivity contribution in [3.8, 4) is 39.1 Å². The van der Waals surface area contributed by atoms with Crippen molar-refractivity contribution in [1.29, 1.82) is 0 Å².